The van der Waals surface area contributed by atoms with Gasteiger partial charge in [-0.2, -0.15) is 0 Å². The number of carbonyl (C=O) groups is 2. The number of Topliss-reactive ketones (excluding diaryl/α,β-unsaturated/α-hetero) is 1. The molecule has 0 amide bonds. The zero-order valence-electron chi connectivity index (χ0n) is 18.1. The molecule has 1 aromatic heterocycles. The van der Waals surface area contributed by atoms with E-state index in [-0.39, 0.29) is 17.0 Å². The lowest BCUT2D eigenvalue weighted by Crippen LogP contribution is -2.19. The van der Waals surface area contributed by atoms with Crippen molar-refractivity contribution < 1.29 is 23.8 Å². The lowest BCUT2D eigenvalue weighted by atomic mass is 9.94. The predicted molar refractivity (Wildman–Crippen MR) is 121 cm³/mol. The van der Waals surface area contributed by atoms with E-state index in [1.807, 2.05) is 0 Å². The molecule has 172 valence electrons. The van der Waals surface area contributed by atoms with Gasteiger partial charge in [0.2, 0.25) is 0 Å². The van der Waals surface area contributed by atoms with Crippen LogP contribution in [0.5, 0.6) is 0 Å². The van der Waals surface area contributed by atoms with Crippen LogP contribution >= 0.6 is 11.6 Å². The van der Waals surface area contributed by atoms with Crippen LogP contribution in [0.2, 0.25) is 5.02 Å². The molecule has 0 fully saturated rings. The summed E-state index contributed by atoms with van der Waals surface area (Å²) in [5, 5.41) is 9.17. The minimum atomic E-state index is -1.05. The number of carboxylic acids is 1. The normalized spacial score (nSPS) is 14.1. The summed E-state index contributed by atoms with van der Waals surface area (Å²) < 4.78 is 19.2. The van der Waals surface area contributed by atoms with Crippen LogP contribution in [0, 0.1) is 11.7 Å². The maximum absolute atomic E-state index is 13.5. The van der Waals surface area contributed by atoms with E-state index in [4.69, 9.17) is 21.3 Å². The average Bonchev–Trinajstić information content (AvgIpc) is 2.79. The molecule has 2 aromatic rings. The summed E-state index contributed by atoms with van der Waals surface area (Å²) in [7, 11) is 0. The van der Waals surface area contributed by atoms with Crippen molar-refractivity contribution in [3.05, 3.63) is 63.7 Å². The molecule has 1 heterocycles. The lowest BCUT2D eigenvalue weighted by molar-refractivity contribution is -0.142. The fourth-order valence-electron chi connectivity index (χ4n) is 4.02. The van der Waals surface area contributed by atoms with Gasteiger partial charge in [-0.05, 0) is 75.1 Å². The van der Waals surface area contributed by atoms with Crippen molar-refractivity contribution in [3.8, 4) is 0 Å². The number of aromatic nitrogens is 1. The number of carboxylic acid groups (broad SMARTS) is 1. The number of ketones is 1. The van der Waals surface area contributed by atoms with Crippen LogP contribution in [0.4, 0.5) is 4.39 Å². The largest absolute Gasteiger partial charge is 0.481 e. The van der Waals surface area contributed by atoms with Crippen LogP contribution in [0.1, 0.15) is 65.8 Å². The van der Waals surface area contributed by atoms with E-state index in [0.29, 0.717) is 26.1 Å². The number of ether oxygens (including phenoxy) is 1. The summed E-state index contributed by atoms with van der Waals surface area (Å²) in [5.41, 5.74) is 3.73. The van der Waals surface area contributed by atoms with Crippen LogP contribution in [-0.2, 0) is 28.8 Å². The van der Waals surface area contributed by atoms with Crippen molar-refractivity contribution in [2.75, 3.05) is 13.2 Å². The topological polar surface area (TPSA) is 76.5 Å². The second kappa shape index (κ2) is 12.1. The van der Waals surface area contributed by atoms with Gasteiger partial charge in [-0.25, -0.2) is 4.39 Å². The van der Waals surface area contributed by atoms with Gasteiger partial charge in [-0.15, -0.1) is 0 Å². The van der Waals surface area contributed by atoms with Crippen molar-refractivity contribution >= 4 is 23.4 Å². The molecule has 0 spiro atoms. The summed E-state index contributed by atoms with van der Waals surface area (Å²) in [6.07, 6.45) is 6.98. The average molecular weight is 462 g/mol. The highest BCUT2D eigenvalue weighted by atomic mass is 35.5. The van der Waals surface area contributed by atoms with Gasteiger partial charge in [0.15, 0.2) is 5.78 Å². The van der Waals surface area contributed by atoms with Crippen LogP contribution in [-0.4, -0.2) is 35.1 Å². The molecular formula is C25H29ClFNO4. The molecule has 7 heteroatoms. The predicted octanol–water partition coefficient (Wildman–Crippen LogP) is 5.46. The molecule has 1 N–H and O–H groups in total. The SMILES string of the molecule is O=C(CC(CCCOCCCc1ccc2c(n1)CCCC2)C(=O)O)c1cccc(F)c1Cl. The van der Waals surface area contributed by atoms with Gasteiger partial charge in [0.1, 0.15) is 5.82 Å². The Morgan fingerprint density at radius 3 is 2.72 bits per heavy atom. The van der Waals surface area contributed by atoms with Crippen molar-refractivity contribution in [1.82, 2.24) is 4.98 Å². The number of hydrogen-bond donors (Lipinski definition) is 1. The number of rotatable bonds is 12. The summed E-state index contributed by atoms with van der Waals surface area (Å²) in [4.78, 5) is 28.7. The van der Waals surface area contributed by atoms with Gasteiger partial charge >= 0.3 is 5.97 Å². The number of benzene rings is 1. The zero-order chi connectivity index (χ0) is 22.9. The van der Waals surface area contributed by atoms with E-state index in [1.165, 1.54) is 36.2 Å². The molecule has 1 atom stereocenters. The molecule has 0 bridgehead atoms. The van der Waals surface area contributed by atoms with Gasteiger partial charge in [0.25, 0.3) is 0 Å². The van der Waals surface area contributed by atoms with E-state index in [9.17, 15) is 19.1 Å². The molecule has 5 nitrogen and oxygen atoms in total. The molecule has 1 aliphatic carbocycles. The fraction of sp³-hybridized carbons (Fsp3) is 0.480. The zero-order valence-corrected chi connectivity index (χ0v) is 18.9. The third-order valence-corrected chi connectivity index (χ3v) is 6.22. The number of carbonyl (C=O) groups excluding carboxylic acids is 1. The summed E-state index contributed by atoms with van der Waals surface area (Å²) in [6.45, 7) is 1.00. The van der Waals surface area contributed by atoms with E-state index < -0.39 is 23.5 Å². The fourth-order valence-corrected chi connectivity index (χ4v) is 4.25. The maximum Gasteiger partial charge on any atom is 0.306 e. The summed E-state index contributed by atoms with van der Waals surface area (Å²) in [5.74, 6) is -3.07. The van der Waals surface area contributed by atoms with Crippen molar-refractivity contribution in [2.24, 2.45) is 5.92 Å². The van der Waals surface area contributed by atoms with Crippen molar-refractivity contribution in [1.29, 1.82) is 0 Å². The van der Waals surface area contributed by atoms with Crippen LogP contribution in [0.3, 0.4) is 0 Å². The third-order valence-electron chi connectivity index (χ3n) is 5.83. The first-order valence-electron chi connectivity index (χ1n) is 11.2. The smallest absolute Gasteiger partial charge is 0.306 e. The Morgan fingerprint density at radius 2 is 1.91 bits per heavy atom. The molecule has 0 aliphatic heterocycles. The van der Waals surface area contributed by atoms with Crippen molar-refractivity contribution in [2.45, 2.75) is 57.8 Å². The first kappa shape index (κ1) is 24.3. The van der Waals surface area contributed by atoms with Gasteiger partial charge < -0.3 is 9.84 Å². The van der Waals surface area contributed by atoms with E-state index in [2.05, 4.69) is 12.1 Å². The molecule has 32 heavy (non-hydrogen) atoms. The second-order valence-corrected chi connectivity index (χ2v) is 8.62. The molecule has 3 rings (SSSR count). The summed E-state index contributed by atoms with van der Waals surface area (Å²) >= 11 is 5.84. The van der Waals surface area contributed by atoms with Crippen LogP contribution in [0.15, 0.2) is 30.3 Å². The monoisotopic (exact) mass is 461 g/mol. The Morgan fingerprint density at radius 1 is 1.12 bits per heavy atom. The number of hydrogen-bond acceptors (Lipinski definition) is 4. The van der Waals surface area contributed by atoms with Crippen molar-refractivity contribution in [3.63, 3.8) is 0 Å². The summed E-state index contributed by atoms with van der Waals surface area (Å²) in [6, 6.07) is 8.25. The minimum Gasteiger partial charge on any atom is -0.481 e. The minimum absolute atomic E-state index is 0.0185. The Hall–Kier alpha value is -2.31. The molecule has 0 saturated carbocycles. The molecular weight excluding hydrogens is 433 g/mol. The molecule has 1 aliphatic rings. The molecule has 0 radical (unpaired) electrons. The number of nitrogens with zero attached hydrogens (tertiary/aromatic N) is 1. The van der Waals surface area contributed by atoms with E-state index in [1.54, 1.807) is 0 Å². The number of fused-ring (bicyclic) bond motifs is 1. The number of halogens is 2. The second-order valence-electron chi connectivity index (χ2n) is 8.24. The highest BCUT2D eigenvalue weighted by Gasteiger charge is 2.23. The molecule has 0 saturated heterocycles. The Labute approximate surface area is 193 Å². The third kappa shape index (κ3) is 6.84. The Kier molecular flexibility index (Phi) is 9.18. The van der Waals surface area contributed by atoms with Gasteiger partial charge in [0.05, 0.1) is 10.9 Å². The van der Waals surface area contributed by atoms with Gasteiger partial charge in [0, 0.05) is 36.6 Å². The van der Waals surface area contributed by atoms with Crippen LogP contribution in [0.25, 0.3) is 0 Å². The van der Waals surface area contributed by atoms with E-state index >= 15 is 0 Å². The van der Waals surface area contributed by atoms with Gasteiger partial charge in [-0.3, -0.25) is 14.6 Å². The lowest BCUT2D eigenvalue weighted by Gasteiger charge is -2.15. The first-order chi connectivity index (χ1) is 15.5. The first-order valence-corrected chi connectivity index (χ1v) is 11.6. The number of aryl methyl sites for hydroxylation is 3. The molecule has 1 aromatic carbocycles. The maximum atomic E-state index is 13.5. The number of aliphatic carboxylic acids is 1. The van der Waals surface area contributed by atoms with Crippen LogP contribution < -0.4 is 0 Å². The highest BCUT2D eigenvalue weighted by molar-refractivity contribution is 6.34. The number of pyridine rings is 1. The molecule has 1 unspecified atom stereocenters. The highest BCUT2D eigenvalue weighted by Crippen LogP contribution is 2.24. The van der Waals surface area contributed by atoms with E-state index in [0.717, 1.165) is 37.4 Å². The quantitative estimate of drug-likeness (QED) is 0.335. The Bertz CT molecular complexity index is 950. The van der Waals surface area contributed by atoms with Gasteiger partial charge in [-0.1, -0.05) is 23.7 Å². The Balaban J connectivity index is 1.35. The standard InChI is InChI=1S/C25H29ClFNO4/c26-24-20(9-3-10-21(24)27)23(29)16-18(25(30)31)7-4-14-32-15-5-8-19-13-12-17-6-1-2-11-22(17)28-19/h3,9-10,12-13,18H,1-2,4-8,11,14-16H2,(H,30,31).